The summed E-state index contributed by atoms with van der Waals surface area (Å²) in [4.78, 5) is 21.5. The fourth-order valence-electron chi connectivity index (χ4n) is 2.31. The number of halogens is 4. The van der Waals surface area contributed by atoms with E-state index < -0.39 is 43.3 Å². The summed E-state index contributed by atoms with van der Waals surface area (Å²) in [5, 5.41) is 12.6. The summed E-state index contributed by atoms with van der Waals surface area (Å²) < 4.78 is 65.0. The van der Waals surface area contributed by atoms with Gasteiger partial charge >= 0.3 is 6.18 Å². The Labute approximate surface area is 179 Å². The third-order valence-electron chi connectivity index (χ3n) is 3.78. The smallest absolute Gasteiger partial charge is 0.351 e. The SMILES string of the molecule is O=C(C=Cc1ccc(Cl)c(C(F)(F)F)c1)NCCNS(=O)(=O)c1cccc([N+](=O)[O-])c1. The van der Waals surface area contributed by atoms with Crippen molar-refractivity contribution in [3.63, 3.8) is 0 Å². The minimum atomic E-state index is -4.64. The highest BCUT2D eigenvalue weighted by molar-refractivity contribution is 7.89. The highest BCUT2D eigenvalue weighted by Gasteiger charge is 2.33. The van der Waals surface area contributed by atoms with Crippen molar-refractivity contribution in [2.45, 2.75) is 11.1 Å². The van der Waals surface area contributed by atoms with Crippen molar-refractivity contribution in [1.82, 2.24) is 10.0 Å². The fourth-order valence-corrected chi connectivity index (χ4v) is 3.61. The summed E-state index contributed by atoms with van der Waals surface area (Å²) in [5.74, 6) is -0.668. The zero-order chi connectivity index (χ0) is 23.2. The lowest BCUT2D eigenvalue weighted by molar-refractivity contribution is -0.385. The highest BCUT2D eigenvalue weighted by Crippen LogP contribution is 2.35. The molecule has 0 radical (unpaired) electrons. The van der Waals surface area contributed by atoms with Crippen LogP contribution < -0.4 is 10.0 Å². The quantitative estimate of drug-likeness (QED) is 0.261. The minimum Gasteiger partial charge on any atom is -0.351 e. The van der Waals surface area contributed by atoms with Gasteiger partial charge in [-0.25, -0.2) is 13.1 Å². The summed E-state index contributed by atoms with van der Waals surface area (Å²) in [6.45, 7) is -0.352. The molecular formula is C18H15ClF3N3O5S. The predicted octanol–water partition coefficient (Wildman–Crippen LogP) is 3.37. The molecule has 0 bridgehead atoms. The maximum Gasteiger partial charge on any atom is 0.417 e. The van der Waals surface area contributed by atoms with Crippen LogP contribution in [0.2, 0.25) is 5.02 Å². The van der Waals surface area contributed by atoms with Gasteiger partial charge in [-0.05, 0) is 29.8 Å². The standard InChI is InChI=1S/C18H15ClF3N3O5S/c19-16-6-4-12(10-15(16)18(20,21)22)5-7-17(26)23-8-9-24-31(29,30)14-3-1-2-13(11-14)25(27)28/h1-7,10-11,24H,8-9H2,(H,23,26). The molecule has 2 rings (SSSR count). The molecule has 0 heterocycles. The predicted molar refractivity (Wildman–Crippen MR) is 107 cm³/mol. The van der Waals surface area contributed by atoms with E-state index in [-0.39, 0.29) is 23.5 Å². The van der Waals surface area contributed by atoms with Crippen molar-refractivity contribution < 1.29 is 31.3 Å². The molecule has 0 saturated heterocycles. The molecule has 0 aliphatic rings. The van der Waals surface area contributed by atoms with Crippen molar-refractivity contribution in [2.75, 3.05) is 13.1 Å². The van der Waals surface area contributed by atoms with Gasteiger partial charge in [0.25, 0.3) is 5.69 Å². The number of carbonyl (C=O) groups excluding carboxylic acids is 1. The van der Waals surface area contributed by atoms with Crippen LogP contribution in [-0.4, -0.2) is 32.3 Å². The maximum atomic E-state index is 12.8. The van der Waals surface area contributed by atoms with Gasteiger partial charge in [0.15, 0.2) is 0 Å². The molecule has 31 heavy (non-hydrogen) atoms. The summed E-state index contributed by atoms with van der Waals surface area (Å²) in [5.41, 5.74) is -1.33. The first-order valence-corrected chi connectivity index (χ1v) is 10.3. The van der Waals surface area contributed by atoms with Gasteiger partial charge < -0.3 is 5.32 Å². The van der Waals surface area contributed by atoms with E-state index >= 15 is 0 Å². The molecule has 166 valence electrons. The van der Waals surface area contributed by atoms with Crippen LogP contribution in [0.3, 0.4) is 0 Å². The number of nitro benzene ring substituents is 1. The van der Waals surface area contributed by atoms with E-state index in [1.165, 1.54) is 18.2 Å². The molecule has 2 aromatic carbocycles. The van der Waals surface area contributed by atoms with Crippen LogP contribution in [0.1, 0.15) is 11.1 Å². The Bertz CT molecular complexity index is 1120. The number of benzene rings is 2. The second-order valence-corrected chi connectivity index (χ2v) is 8.19. The van der Waals surface area contributed by atoms with Gasteiger partial charge in [-0.2, -0.15) is 13.2 Å². The van der Waals surface area contributed by atoms with Crippen LogP contribution in [-0.2, 0) is 21.0 Å². The number of carbonyl (C=O) groups is 1. The van der Waals surface area contributed by atoms with Crippen LogP contribution in [0, 0.1) is 10.1 Å². The summed E-state index contributed by atoms with van der Waals surface area (Å²) in [7, 11) is -4.04. The number of non-ortho nitro benzene ring substituents is 1. The summed E-state index contributed by atoms with van der Waals surface area (Å²) in [6, 6.07) is 7.59. The lowest BCUT2D eigenvalue weighted by Gasteiger charge is -2.09. The Morgan fingerprint density at radius 3 is 2.52 bits per heavy atom. The molecule has 0 atom stereocenters. The first-order chi connectivity index (χ1) is 14.4. The van der Waals surface area contributed by atoms with E-state index in [0.29, 0.717) is 0 Å². The topological polar surface area (TPSA) is 118 Å². The van der Waals surface area contributed by atoms with Gasteiger partial charge in [-0.3, -0.25) is 14.9 Å². The zero-order valence-electron chi connectivity index (χ0n) is 15.5. The average Bonchev–Trinajstić information content (AvgIpc) is 2.70. The molecule has 13 heteroatoms. The molecule has 0 unspecified atom stereocenters. The van der Waals surface area contributed by atoms with E-state index in [1.54, 1.807) is 0 Å². The van der Waals surface area contributed by atoms with Gasteiger partial charge in [0, 0.05) is 31.3 Å². The van der Waals surface area contributed by atoms with Gasteiger partial charge in [0.2, 0.25) is 15.9 Å². The van der Waals surface area contributed by atoms with Crippen LogP contribution in [0.5, 0.6) is 0 Å². The summed E-state index contributed by atoms with van der Waals surface area (Å²) in [6.07, 6.45) is -2.51. The largest absolute Gasteiger partial charge is 0.417 e. The van der Waals surface area contributed by atoms with Crippen molar-refractivity contribution in [3.05, 3.63) is 74.8 Å². The average molecular weight is 478 g/mol. The molecular weight excluding hydrogens is 463 g/mol. The van der Waals surface area contributed by atoms with Gasteiger partial charge in [0.1, 0.15) is 0 Å². The number of hydrogen-bond donors (Lipinski definition) is 2. The molecule has 0 aliphatic heterocycles. The van der Waals surface area contributed by atoms with E-state index in [2.05, 4.69) is 10.0 Å². The monoisotopic (exact) mass is 477 g/mol. The van der Waals surface area contributed by atoms with Crippen molar-refractivity contribution in [3.8, 4) is 0 Å². The van der Waals surface area contributed by atoms with E-state index in [0.717, 1.165) is 36.4 Å². The van der Waals surface area contributed by atoms with Crippen LogP contribution in [0.4, 0.5) is 18.9 Å². The molecule has 2 N–H and O–H groups in total. The first kappa shape index (κ1) is 24.3. The molecule has 0 fully saturated rings. The van der Waals surface area contributed by atoms with E-state index in [1.807, 2.05) is 0 Å². The second kappa shape index (κ2) is 9.90. The van der Waals surface area contributed by atoms with Gasteiger partial charge in [0.05, 0.1) is 20.4 Å². The number of nitro groups is 1. The summed E-state index contributed by atoms with van der Waals surface area (Å²) >= 11 is 5.52. The molecule has 1 amide bonds. The number of amides is 1. The minimum absolute atomic E-state index is 0.0956. The highest BCUT2D eigenvalue weighted by atomic mass is 35.5. The Balaban J connectivity index is 1.90. The lowest BCUT2D eigenvalue weighted by atomic mass is 10.1. The fraction of sp³-hybridized carbons (Fsp3) is 0.167. The van der Waals surface area contributed by atoms with Crippen molar-refractivity contribution in [2.24, 2.45) is 0 Å². The van der Waals surface area contributed by atoms with Crippen molar-refractivity contribution >= 4 is 39.3 Å². The van der Waals surface area contributed by atoms with Crippen molar-refractivity contribution in [1.29, 1.82) is 0 Å². The third kappa shape index (κ3) is 7.05. The molecule has 0 aromatic heterocycles. The Morgan fingerprint density at radius 2 is 1.87 bits per heavy atom. The number of hydrogen-bond acceptors (Lipinski definition) is 5. The second-order valence-electron chi connectivity index (χ2n) is 6.01. The lowest BCUT2D eigenvalue weighted by Crippen LogP contribution is -2.34. The number of nitrogens with one attached hydrogen (secondary N) is 2. The van der Waals surface area contributed by atoms with Gasteiger partial charge in [-0.15, -0.1) is 0 Å². The molecule has 2 aromatic rings. The first-order valence-electron chi connectivity index (χ1n) is 8.47. The zero-order valence-corrected chi connectivity index (χ0v) is 17.1. The van der Waals surface area contributed by atoms with Crippen LogP contribution in [0.25, 0.3) is 6.08 Å². The molecule has 0 aliphatic carbocycles. The number of nitrogens with zero attached hydrogens (tertiary/aromatic N) is 1. The normalized spacial score (nSPS) is 12.1. The Kier molecular flexibility index (Phi) is 7.76. The number of sulfonamides is 1. The Hall–Kier alpha value is -2.96. The Morgan fingerprint density at radius 1 is 1.16 bits per heavy atom. The maximum absolute atomic E-state index is 12.8. The number of rotatable bonds is 8. The van der Waals surface area contributed by atoms with E-state index in [9.17, 15) is 36.5 Å². The molecule has 0 saturated carbocycles. The third-order valence-corrected chi connectivity index (χ3v) is 5.57. The van der Waals surface area contributed by atoms with Crippen LogP contribution in [0.15, 0.2) is 53.4 Å². The van der Waals surface area contributed by atoms with Crippen LogP contribution >= 0.6 is 11.6 Å². The number of alkyl halides is 3. The molecule has 8 nitrogen and oxygen atoms in total. The molecule has 0 spiro atoms. The van der Waals surface area contributed by atoms with E-state index in [4.69, 9.17) is 11.6 Å². The van der Waals surface area contributed by atoms with Gasteiger partial charge in [-0.1, -0.05) is 23.7 Å².